The molecule has 1 heterocycles. The normalized spacial score (nSPS) is 19.4. The molecule has 0 saturated heterocycles. The van der Waals surface area contributed by atoms with Crippen LogP contribution in [0.15, 0.2) is 72.8 Å². The van der Waals surface area contributed by atoms with Crippen molar-refractivity contribution >= 4 is 23.2 Å². The van der Waals surface area contributed by atoms with E-state index in [0.29, 0.717) is 11.3 Å². The highest BCUT2D eigenvalue weighted by molar-refractivity contribution is 6.03. The van der Waals surface area contributed by atoms with Gasteiger partial charge in [-0.1, -0.05) is 61.5 Å². The minimum Gasteiger partial charge on any atom is -0.366 e. The minimum absolute atomic E-state index is 0.0202. The molecule has 1 aliphatic carbocycles. The Hall–Kier alpha value is -3.60. The summed E-state index contributed by atoms with van der Waals surface area (Å²) in [5, 5.41) is 6.18. The zero-order valence-electron chi connectivity index (χ0n) is 20.5. The third kappa shape index (κ3) is 5.09. The summed E-state index contributed by atoms with van der Waals surface area (Å²) in [7, 11) is 0. The standard InChI is InChI=1S/C30H33N3O2/c1-3-20(2)31-30(35)27-17-24(32-29(34)26-18-25(26)22-10-5-4-6-11-22)13-14-28(27)33-16-15-21-9-7-8-12-23(21)19-33/h4-14,17,20,25-26H,3,15-16,18-19H2,1-2H3,(H,31,35)(H,32,34). The summed E-state index contributed by atoms with van der Waals surface area (Å²) in [5.74, 6) is 0.176. The molecule has 1 aliphatic heterocycles. The number of nitrogens with zero attached hydrogens (tertiary/aromatic N) is 1. The van der Waals surface area contributed by atoms with Crippen LogP contribution in [0.25, 0.3) is 0 Å². The van der Waals surface area contributed by atoms with Gasteiger partial charge in [0, 0.05) is 36.4 Å². The molecule has 3 aromatic carbocycles. The van der Waals surface area contributed by atoms with Crippen molar-refractivity contribution in [3.05, 3.63) is 95.1 Å². The van der Waals surface area contributed by atoms with Gasteiger partial charge in [-0.05, 0) is 67.0 Å². The molecule has 0 bridgehead atoms. The van der Waals surface area contributed by atoms with E-state index in [4.69, 9.17) is 0 Å². The number of hydrogen-bond donors (Lipinski definition) is 2. The number of fused-ring (bicyclic) bond motifs is 1. The van der Waals surface area contributed by atoms with Crippen LogP contribution in [0.5, 0.6) is 0 Å². The lowest BCUT2D eigenvalue weighted by Crippen LogP contribution is -2.35. The molecule has 1 fully saturated rings. The van der Waals surface area contributed by atoms with Crippen LogP contribution in [-0.4, -0.2) is 24.4 Å². The minimum atomic E-state index is -0.0992. The highest BCUT2D eigenvalue weighted by Crippen LogP contribution is 2.48. The van der Waals surface area contributed by atoms with E-state index >= 15 is 0 Å². The fraction of sp³-hybridized carbons (Fsp3) is 0.333. The molecule has 5 nitrogen and oxygen atoms in total. The largest absolute Gasteiger partial charge is 0.366 e. The third-order valence-electron chi connectivity index (χ3n) is 7.32. The fourth-order valence-electron chi connectivity index (χ4n) is 4.96. The molecule has 3 atom stereocenters. The molecule has 3 unspecified atom stereocenters. The number of carbonyl (C=O) groups is 2. The summed E-state index contributed by atoms with van der Waals surface area (Å²) in [6.45, 7) is 5.69. The van der Waals surface area contributed by atoms with Crippen LogP contribution in [0, 0.1) is 5.92 Å². The maximum atomic E-state index is 13.3. The van der Waals surface area contributed by atoms with Crippen molar-refractivity contribution < 1.29 is 9.59 Å². The molecule has 3 aromatic rings. The summed E-state index contributed by atoms with van der Waals surface area (Å²) in [4.78, 5) is 28.5. The van der Waals surface area contributed by atoms with Gasteiger partial charge < -0.3 is 15.5 Å². The first-order valence-electron chi connectivity index (χ1n) is 12.7. The lowest BCUT2D eigenvalue weighted by atomic mass is 9.98. The number of nitrogens with one attached hydrogen (secondary N) is 2. The second-order valence-corrected chi connectivity index (χ2v) is 9.80. The van der Waals surface area contributed by atoms with Gasteiger partial charge in [0.1, 0.15) is 0 Å². The predicted octanol–water partition coefficient (Wildman–Crippen LogP) is 5.52. The quantitative estimate of drug-likeness (QED) is 0.481. The van der Waals surface area contributed by atoms with Gasteiger partial charge in [0.2, 0.25) is 5.91 Å². The predicted molar refractivity (Wildman–Crippen MR) is 141 cm³/mol. The van der Waals surface area contributed by atoms with E-state index in [1.54, 1.807) is 0 Å². The molecule has 5 rings (SSSR count). The van der Waals surface area contributed by atoms with E-state index in [2.05, 4.69) is 58.9 Å². The molecule has 2 aliphatic rings. The van der Waals surface area contributed by atoms with Crippen LogP contribution < -0.4 is 15.5 Å². The van der Waals surface area contributed by atoms with Gasteiger partial charge in [0.25, 0.3) is 5.91 Å². The molecular weight excluding hydrogens is 434 g/mol. The van der Waals surface area contributed by atoms with Gasteiger partial charge in [0.15, 0.2) is 0 Å². The van der Waals surface area contributed by atoms with Crippen molar-refractivity contribution in [1.82, 2.24) is 5.32 Å². The van der Waals surface area contributed by atoms with Crippen LogP contribution in [0.4, 0.5) is 11.4 Å². The Morgan fingerprint density at radius 3 is 2.51 bits per heavy atom. The Balaban J connectivity index is 1.37. The average Bonchev–Trinajstić information content (AvgIpc) is 3.70. The molecule has 1 saturated carbocycles. The maximum absolute atomic E-state index is 13.3. The summed E-state index contributed by atoms with van der Waals surface area (Å²) >= 11 is 0. The van der Waals surface area contributed by atoms with Crippen LogP contribution >= 0.6 is 0 Å². The van der Waals surface area contributed by atoms with E-state index in [9.17, 15) is 9.59 Å². The summed E-state index contributed by atoms with van der Waals surface area (Å²) in [6, 6.07) is 24.5. The zero-order chi connectivity index (χ0) is 24.4. The summed E-state index contributed by atoms with van der Waals surface area (Å²) < 4.78 is 0. The van der Waals surface area contributed by atoms with Crippen LogP contribution in [0.3, 0.4) is 0 Å². The van der Waals surface area contributed by atoms with Gasteiger partial charge in [-0.3, -0.25) is 9.59 Å². The first-order chi connectivity index (χ1) is 17.0. The van der Waals surface area contributed by atoms with E-state index in [0.717, 1.165) is 38.0 Å². The Morgan fingerprint density at radius 2 is 1.74 bits per heavy atom. The Bertz CT molecular complexity index is 1220. The van der Waals surface area contributed by atoms with Gasteiger partial charge in [-0.15, -0.1) is 0 Å². The van der Waals surface area contributed by atoms with Crippen molar-refractivity contribution in [3.63, 3.8) is 0 Å². The number of rotatable bonds is 7. The molecule has 0 spiro atoms. The number of benzene rings is 3. The topological polar surface area (TPSA) is 61.4 Å². The van der Waals surface area contributed by atoms with E-state index < -0.39 is 0 Å². The second kappa shape index (κ2) is 9.95. The lowest BCUT2D eigenvalue weighted by molar-refractivity contribution is -0.117. The van der Waals surface area contributed by atoms with E-state index in [1.165, 1.54) is 16.7 Å². The Labute approximate surface area is 207 Å². The number of amides is 2. The van der Waals surface area contributed by atoms with Gasteiger partial charge in [-0.25, -0.2) is 0 Å². The Morgan fingerprint density at radius 1 is 1.00 bits per heavy atom. The van der Waals surface area contributed by atoms with Gasteiger partial charge in [-0.2, -0.15) is 0 Å². The molecule has 0 aromatic heterocycles. The number of carbonyl (C=O) groups excluding carboxylic acids is 2. The fourth-order valence-corrected chi connectivity index (χ4v) is 4.96. The summed E-state index contributed by atoms with van der Waals surface area (Å²) in [6.07, 6.45) is 2.67. The van der Waals surface area contributed by atoms with Crippen LogP contribution in [0.1, 0.15) is 59.7 Å². The Kier molecular flexibility index (Phi) is 6.58. The van der Waals surface area contributed by atoms with Crippen LogP contribution in [0.2, 0.25) is 0 Å². The van der Waals surface area contributed by atoms with E-state index in [-0.39, 0.29) is 29.7 Å². The first kappa shape index (κ1) is 23.2. The molecular formula is C30H33N3O2. The van der Waals surface area contributed by atoms with Crippen molar-refractivity contribution in [2.75, 3.05) is 16.8 Å². The summed E-state index contributed by atoms with van der Waals surface area (Å²) in [5.41, 5.74) is 6.07. The molecule has 2 N–H and O–H groups in total. The van der Waals surface area contributed by atoms with Crippen molar-refractivity contribution in [2.24, 2.45) is 5.92 Å². The molecule has 2 amide bonds. The first-order valence-corrected chi connectivity index (χ1v) is 12.7. The zero-order valence-corrected chi connectivity index (χ0v) is 20.5. The molecule has 5 heteroatoms. The van der Waals surface area contributed by atoms with Crippen molar-refractivity contribution in [3.8, 4) is 0 Å². The smallest absolute Gasteiger partial charge is 0.253 e. The second-order valence-electron chi connectivity index (χ2n) is 9.80. The third-order valence-corrected chi connectivity index (χ3v) is 7.32. The number of hydrogen-bond acceptors (Lipinski definition) is 3. The SMILES string of the molecule is CCC(C)NC(=O)c1cc(NC(=O)C2CC2c2ccccc2)ccc1N1CCc2ccccc2C1. The van der Waals surface area contributed by atoms with E-state index in [1.807, 2.05) is 43.3 Å². The average molecular weight is 468 g/mol. The maximum Gasteiger partial charge on any atom is 0.253 e. The molecule has 180 valence electrons. The van der Waals surface area contributed by atoms with Crippen molar-refractivity contribution in [2.45, 2.75) is 51.6 Å². The molecule has 35 heavy (non-hydrogen) atoms. The van der Waals surface area contributed by atoms with Gasteiger partial charge >= 0.3 is 0 Å². The monoisotopic (exact) mass is 467 g/mol. The highest BCUT2D eigenvalue weighted by Gasteiger charge is 2.43. The number of anilines is 2. The van der Waals surface area contributed by atoms with Crippen LogP contribution in [-0.2, 0) is 17.8 Å². The van der Waals surface area contributed by atoms with Crippen molar-refractivity contribution in [1.29, 1.82) is 0 Å². The molecule has 0 radical (unpaired) electrons. The van der Waals surface area contributed by atoms with Gasteiger partial charge in [0.05, 0.1) is 5.56 Å². The highest BCUT2D eigenvalue weighted by atomic mass is 16.2. The lowest BCUT2D eigenvalue weighted by Gasteiger charge is -2.32.